The van der Waals surface area contributed by atoms with Gasteiger partial charge in [-0.05, 0) is 32.0 Å². The van der Waals surface area contributed by atoms with E-state index in [1.165, 1.54) is 24.3 Å². The molecule has 90 valence electrons. The molecule has 0 aromatic carbocycles. The van der Waals surface area contributed by atoms with Crippen LogP contribution in [0.4, 0.5) is 5.00 Å². The summed E-state index contributed by atoms with van der Waals surface area (Å²) in [6.45, 7) is 2.25. The molecule has 0 amide bonds. The van der Waals surface area contributed by atoms with Gasteiger partial charge < -0.3 is 10.2 Å². The standard InChI is InChI=1S/C12H19ClN2S/c1-14-8-12(6-3-7-12)9-15(2)11-5-4-10(13)16-11/h4-5,14H,3,6-9H2,1-2H3. The Morgan fingerprint density at radius 2 is 2.25 bits per heavy atom. The highest BCUT2D eigenvalue weighted by Crippen LogP contribution is 2.42. The Bertz CT molecular complexity index is 347. The fraction of sp³-hybridized carbons (Fsp3) is 0.667. The smallest absolute Gasteiger partial charge is 0.0950 e. The first kappa shape index (κ1) is 12.2. The average Bonchev–Trinajstić information content (AvgIpc) is 2.61. The van der Waals surface area contributed by atoms with E-state index < -0.39 is 0 Å². The maximum Gasteiger partial charge on any atom is 0.0950 e. The van der Waals surface area contributed by atoms with Crippen LogP contribution in [0.5, 0.6) is 0 Å². The molecule has 0 atom stereocenters. The van der Waals surface area contributed by atoms with Crippen LogP contribution in [0, 0.1) is 5.41 Å². The highest BCUT2D eigenvalue weighted by atomic mass is 35.5. The number of hydrogen-bond acceptors (Lipinski definition) is 3. The van der Waals surface area contributed by atoms with Gasteiger partial charge in [0, 0.05) is 25.6 Å². The van der Waals surface area contributed by atoms with Gasteiger partial charge in [0.1, 0.15) is 0 Å². The van der Waals surface area contributed by atoms with Crippen LogP contribution in [0.3, 0.4) is 0 Å². The van der Waals surface area contributed by atoms with Crippen LogP contribution < -0.4 is 10.2 Å². The van der Waals surface area contributed by atoms with Gasteiger partial charge >= 0.3 is 0 Å². The Morgan fingerprint density at radius 1 is 1.50 bits per heavy atom. The van der Waals surface area contributed by atoms with E-state index in [-0.39, 0.29) is 0 Å². The van der Waals surface area contributed by atoms with Crippen LogP contribution >= 0.6 is 22.9 Å². The van der Waals surface area contributed by atoms with Crippen molar-refractivity contribution in [2.75, 3.05) is 32.1 Å². The lowest BCUT2D eigenvalue weighted by Crippen LogP contribution is -2.46. The van der Waals surface area contributed by atoms with Gasteiger partial charge in [-0.3, -0.25) is 0 Å². The quantitative estimate of drug-likeness (QED) is 0.873. The average molecular weight is 259 g/mol. The van der Waals surface area contributed by atoms with Crippen LogP contribution in [0.15, 0.2) is 12.1 Å². The number of halogens is 1. The summed E-state index contributed by atoms with van der Waals surface area (Å²) in [5.74, 6) is 0. The van der Waals surface area contributed by atoms with Crippen LogP contribution in [0.1, 0.15) is 19.3 Å². The van der Waals surface area contributed by atoms with Crippen molar-refractivity contribution < 1.29 is 0 Å². The molecule has 4 heteroatoms. The van der Waals surface area contributed by atoms with Crippen LogP contribution in [0.2, 0.25) is 4.34 Å². The monoisotopic (exact) mass is 258 g/mol. The summed E-state index contributed by atoms with van der Waals surface area (Å²) in [5, 5.41) is 4.59. The maximum absolute atomic E-state index is 5.96. The first-order valence-electron chi connectivity index (χ1n) is 5.76. The zero-order chi connectivity index (χ0) is 11.6. The summed E-state index contributed by atoms with van der Waals surface area (Å²) < 4.78 is 0.873. The molecule has 1 heterocycles. The van der Waals surface area contributed by atoms with E-state index in [1.54, 1.807) is 11.3 Å². The van der Waals surface area contributed by atoms with Crippen LogP contribution in [-0.2, 0) is 0 Å². The van der Waals surface area contributed by atoms with Crippen molar-refractivity contribution in [3.63, 3.8) is 0 Å². The lowest BCUT2D eigenvalue weighted by Gasteiger charge is -2.44. The topological polar surface area (TPSA) is 15.3 Å². The molecular formula is C12H19ClN2S. The Kier molecular flexibility index (Phi) is 3.77. The van der Waals surface area contributed by atoms with E-state index >= 15 is 0 Å². The number of rotatable bonds is 5. The minimum atomic E-state index is 0.486. The third-order valence-electron chi connectivity index (χ3n) is 3.47. The van der Waals surface area contributed by atoms with Gasteiger partial charge in [0.2, 0.25) is 0 Å². The van der Waals surface area contributed by atoms with Gasteiger partial charge in [0.15, 0.2) is 0 Å². The molecule has 1 aromatic rings. The first-order chi connectivity index (χ1) is 7.65. The zero-order valence-corrected chi connectivity index (χ0v) is 11.5. The molecule has 2 rings (SSSR count). The van der Waals surface area contributed by atoms with Gasteiger partial charge in [0.25, 0.3) is 0 Å². The lowest BCUT2D eigenvalue weighted by atomic mass is 9.68. The summed E-state index contributed by atoms with van der Waals surface area (Å²) >= 11 is 7.62. The van der Waals surface area contributed by atoms with Gasteiger partial charge in [-0.1, -0.05) is 18.0 Å². The maximum atomic E-state index is 5.96. The molecule has 1 aliphatic rings. The second-order valence-corrected chi connectivity index (χ2v) is 6.51. The summed E-state index contributed by atoms with van der Waals surface area (Å²) in [6.07, 6.45) is 4.06. The number of hydrogen-bond donors (Lipinski definition) is 1. The molecule has 1 N–H and O–H groups in total. The molecule has 0 aliphatic heterocycles. The molecule has 16 heavy (non-hydrogen) atoms. The molecule has 1 saturated carbocycles. The van der Waals surface area contributed by atoms with E-state index in [0.717, 1.165) is 17.4 Å². The predicted octanol–water partition coefficient (Wildman–Crippen LogP) is 3.23. The van der Waals surface area contributed by atoms with E-state index in [2.05, 4.69) is 23.3 Å². The minimum absolute atomic E-state index is 0.486. The largest absolute Gasteiger partial charge is 0.366 e. The van der Waals surface area contributed by atoms with Gasteiger partial charge in [0.05, 0.1) is 9.34 Å². The molecule has 1 fully saturated rings. The predicted molar refractivity (Wildman–Crippen MR) is 72.8 cm³/mol. The van der Waals surface area contributed by atoms with E-state index in [9.17, 15) is 0 Å². The van der Waals surface area contributed by atoms with Crippen LogP contribution in [0.25, 0.3) is 0 Å². The highest BCUT2D eigenvalue weighted by Gasteiger charge is 2.37. The van der Waals surface area contributed by atoms with Crippen molar-refractivity contribution in [3.05, 3.63) is 16.5 Å². The van der Waals surface area contributed by atoms with Crippen molar-refractivity contribution in [2.45, 2.75) is 19.3 Å². The Labute approximate surface area is 107 Å². The minimum Gasteiger partial charge on any atom is -0.366 e. The van der Waals surface area contributed by atoms with Crippen molar-refractivity contribution in [2.24, 2.45) is 5.41 Å². The fourth-order valence-corrected chi connectivity index (χ4v) is 3.53. The van der Waals surface area contributed by atoms with E-state index in [4.69, 9.17) is 11.6 Å². The number of thiophene rings is 1. The molecule has 0 saturated heterocycles. The second kappa shape index (κ2) is 4.94. The molecule has 1 aromatic heterocycles. The first-order valence-corrected chi connectivity index (χ1v) is 6.96. The van der Waals surface area contributed by atoms with Crippen molar-refractivity contribution in [1.29, 1.82) is 0 Å². The summed E-state index contributed by atoms with van der Waals surface area (Å²) in [6, 6.07) is 4.09. The third kappa shape index (κ3) is 2.53. The van der Waals surface area contributed by atoms with Crippen molar-refractivity contribution in [3.8, 4) is 0 Å². The van der Waals surface area contributed by atoms with Crippen molar-refractivity contribution in [1.82, 2.24) is 5.32 Å². The van der Waals surface area contributed by atoms with E-state index in [0.29, 0.717) is 5.41 Å². The fourth-order valence-electron chi connectivity index (χ4n) is 2.53. The molecule has 0 bridgehead atoms. The Balaban J connectivity index is 1.98. The van der Waals surface area contributed by atoms with Gasteiger partial charge in [-0.25, -0.2) is 0 Å². The second-order valence-electron chi connectivity index (χ2n) is 4.82. The molecule has 1 aliphatic carbocycles. The summed E-state index contributed by atoms with van der Waals surface area (Å²) in [7, 11) is 4.21. The van der Waals surface area contributed by atoms with E-state index in [1.807, 2.05) is 13.1 Å². The normalized spacial score (nSPS) is 18.2. The Hall–Kier alpha value is -0.250. The molecule has 0 radical (unpaired) electrons. The number of anilines is 1. The summed E-state index contributed by atoms with van der Waals surface area (Å²) in [5.41, 5.74) is 0.486. The molecule has 0 spiro atoms. The van der Waals surface area contributed by atoms with Gasteiger partial charge in [-0.15, -0.1) is 11.3 Å². The Morgan fingerprint density at radius 3 is 2.69 bits per heavy atom. The molecular weight excluding hydrogens is 240 g/mol. The SMILES string of the molecule is CNCC1(CN(C)c2ccc(Cl)s2)CCC1. The molecule has 0 unspecified atom stereocenters. The number of nitrogens with one attached hydrogen (secondary N) is 1. The molecule has 2 nitrogen and oxygen atoms in total. The van der Waals surface area contributed by atoms with Crippen LogP contribution in [-0.4, -0.2) is 27.2 Å². The number of nitrogens with zero attached hydrogens (tertiary/aromatic N) is 1. The highest BCUT2D eigenvalue weighted by molar-refractivity contribution is 7.19. The lowest BCUT2D eigenvalue weighted by molar-refractivity contribution is 0.143. The van der Waals surface area contributed by atoms with Crippen molar-refractivity contribution >= 4 is 27.9 Å². The zero-order valence-electron chi connectivity index (χ0n) is 9.92. The van der Waals surface area contributed by atoms with Gasteiger partial charge in [-0.2, -0.15) is 0 Å². The third-order valence-corrected chi connectivity index (χ3v) is 4.82. The summed E-state index contributed by atoms with van der Waals surface area (Å²) in [4.78, 5) is 2.34.